The van der Waals surface area contributed by atoms with Crippen molar-refractivity contribution in [2.75, 3.05) is 0 Å². The lowest BCUT2D eigenvalue weighted by atomic mass is 10.0. The summed E-state index contributed by atoms with van der Waals surface area (Å²) >= 11 is 0. The Morgan fingerprint density at radius 2 is 1.87 bits per heavy atom. The molecule has 0 saturated heterocycles. The van der Waals surface area contributed by atoms with Gasteiger partial charge < -0.3 is 15.7 Å². The molecule has 0 aliphatic carbocycles. The van der Waals surface area contributed by atoms with Crippen LogP contribution in [-0.4, -0.2) is 28.7 Å². The quantitative estimate of drug-likeness (QED) is 0.649. The molecule has 0 aromatic rings. The van der Waals surface area contributed by atoms with Crippen LogP contribution >= 0.6 is 0 Å². The fourth-order valence-corrected chi connectivity index (χ4v) is 0.928. The van der Waals surface area contributed by atoms with Gasteiger partial charge in [-0.2, -0.15) is 0 Å². The van der Waals surface area contributed by atoms with Crippen LogP contribution in [0.4, 0.5) is 4.79 Å². The lowest BCUT2D eigenvalue weighted by Gasteiger charge is -2.25. The number of carbonyl (C=O) groups is 2. The van der Waals surface area contributed by atoms with E-state index in [1.165, 1.54) is 0 Å². The molecule has 0 fully saturated rings. The van der Waals surface area contributed by atoms with Crippen LogP contribution in [0, 0.1) is 0 Å². The zero-order valence-electron chi connectivity index (χ0n) is 9.76. The van der Waals surface area contributed by atoms with Crippen LogP contribution in [0.2, 0.25) is 0 Å². The lowest BCUT2D eigenvalue weighted by Crippen LogP contribution is -2.52. The van der Waals surface area contributed by atoms with Crippen LogP contribution in [0.15, 0.2) is 0 Å². The van der Waals surface area contributed by atoms with Crippen molar-refractivity contribution in [3.8, 4) is 0 Å². The van der Waals surface area contributed by atoms with E-state index in [0.717, 1.165) is 6.42 Å². The Bertz CT molecular complexity index is 239. The zero-order chi connectivity index (χ0) is 12.1. The summed E-state index contributed by atoms with van der Waals surface area (Å²) in [5.74, 6) is -1.01. The summed E-state index contributed by atoms with van der Waals surface area (Å²) in [7, 11) is 0. The summed E-state index contributed by atoms with van der Waals surface area (Å²) in [6.07, 6.45) is 1.15. The summed E-state index contributed by atoms with van der Waals surface area (Å²) < 4.78 is 0. The van der Waals surface area contributed by atoms with E-state index in [0.29, 0.717) is 6.42 Å². The van der Waals surface area contributed by atoms with Crippen LogP contribution in [0.25, 0.3) is 0 Å². The van der Waals surface area contributed by atoms with Crippen molar-refractivity contribution in [1.29, 1.82) is 0 Å². The average molecular weight is 216 g/mol. The minimum Gasteiger partial charge on any atom is -0.480 e. The second-order valence-corrected chi connectivity index (χ2v) is 4.13. The maximum atomic E-state index is 11.4. The molecule has 3 N–H and O–H groups in total. The third-order valence-corrected chi connectivity index (χ3v) is 2.35. The van der Waals surface area contributed by atoms with Gasteiger partial charge >= 0.3 is 12.0 Å². The first kappa shape index (κ1) is 13.7. The second kappa shape index (κ2) is 5.58. The van der Waals surface area contributed by atoms with E-state index in [1.807, 2.05) is 20.8 Å². The number of amides is 2. The Morgan fingerprint density at radius 3 is 2.20 bits per heavy atom. The predicted octanol–water partition coefficient (Wildman–Crippen LogP) is 1.34. The van der Waals surface area contributed by atoms with E-state index in [1.54, 1.807) is 6.92 Å². The number of carbonyl (C=O) groups excluding carboxylic acids is 1. The SMILES string of the molecule is CC[C@@H](NC(=O)NC(C)(C)CC)C(=O)O. The maximum Gasteiger partial charge on any atom is 0.326 e. The number of carboxylic acids is 1. The lowest BCUT2D eigenvalue weighted by molar-refractivity contribution is -0.139. The van der Waals surface area contributed by atoms with Crippen molar-refractivity contribution in [3.63, 3.8) is 0 Å². The van der Waals surface area contributed by atoms with E-state index >= 15 is 0 Å². The highest BCUT2D eigenvalue weighted by Gasteiger charge is 2.22. The highest BCUT2D eigenvalue weighted by molar-refractivity contribution is 5.82. The molecule has 0 rings (SSSR count). The molecule has 0 spiro atoms. The predicted molar refractivity (Wildman–Crippen MR) is 57.8 cm³/mol. The van der Waals surface area contributed by atoms with Gasteiger partial charge in [0.2, 0.25) is 0 Å². The van der Waals surface area contributed by atoms with Crippen LogP contribution in [-0.2, 0) is 4.79 Å². The molecule has 5 heteroatoms. The Hall–Kier alpha value is -1.26. The number of hydrogen-bond donors (Lipinski definition) is 3. The van der Waals surface area contributed by atoms with Crippen molar-refractivity contribution < 1.29 is 14.7 Å². The fraction of sp³-hybridized carbons (Fsp3) is 0.800. The molecule has 2 amide bonds. The number of urea groups is 1. The summed E-state index contributed by atoms with van der Waals surface area (Å²) in [6.45, 7) is 7.43. The van der Waals surface area contributed by atoms with Crippen molar-refractivity contribution in [3.05, 3.63) is 0 Å². The number of nitrogens with one attached hydrogen (secondary N) is 2. The van der Waals surface area contributed by atoms with Crippen LogP contribution < -0.4 is 10.6 Å². The van der Waals surface area contributed by atoms with E-state index in [9.17, 15) is 9.59 Å². The zero-order valence-corrected chi connectivity index (χ0v) is 9.76. The highest BCUT2D eigenvalue weighted by Crippen LogP contribution is 2.06. The molecule has 0 radical (unpaired) electrons. The van der Waals surface area contributed by atoms with Gasteiger partial charge in [-0.05, 0) is 26.7 Å². The molecule has 0 aliphatic rings. The first-order valence-corrected chi connectivity index (χ1v) is 5.14. The molecule has 88 valence electrons. The monoisotopic (exact) mass is 216 g/mol. The Kier molecular flexibility index (Phi) is 5.11. The Balaban J connectivity index is 4.19. The molecule has 5 nitrogen and oxygen atoms in total. The molecule has 0 aromatic heterocycles. The van der Waals surface area contributed by atoms with Crippen molar-refractivity contribution >= 4 is 12.0 Å². The maximum absolute atomic E-state index is 11.4. The molecule has 0 aromatic carbocycles. The average Bonchev–Trinajstić information content (AvgIpc) is 2.13. The summed E-state index contributed by atoms with van der Waals surface area (Å²) in [4.78, 5) is 22.1. The first-order chi connectivity index (χ1) is 6.82. The second-order valence-electron chi connectivity index (χ2n) is 4.13. The van der Waals surface area contributed by atoms with Crippen LogP contribution in [0.1, 0.15) is 40.5 Å². The number of carboxylic acid groups (broad SMARTS) is 1. The number of aliphatic carboxylic acids is 1. The molecule has 0 bridgehead atoms. The standard InChI is InChI=1S/C10H20N2O3/c1-5-7(8(13)14)11-9(15)12-10(3,4)6-2/h7H,5-6H2,1-4H3,(H,13,14)(H2,11,12,15)/t7-/m1/s1. The molecule has 0 unspecified atom stereocenters. The van der Waals surface area contributed by atoms with E-state index < -0.39 is 18.0 Å². The van der Waals surface area contributed by atoms with Gasteiger partial charge in [-0.3, -0.25) is 0 Å². The molecular formula is C10H20N2O3. The molecule has 0 aliphatic heterocycles. The smallest absolute Gasteiger partial charge is 0.326 e. The van der Waals surface area contributed by atoms with Gasteiger partial charge in [0.25, 0.3) is 0 Å². The molecular weight excluding hydrogens is 196 g/mol. The largest absolute Gasteiger partial charge is 0.480 e. The third-order valence-electron chi connectivity index (χ3n) is 2.35. The van der Waals surface area contributed by atoms with Gasteiger partial charge in [0, 0.05) is 5.54 Å². The Labute approximate surface area is 90.2 Å². The van der Waals surface area contributed by atoms with Crippen molar-refractivity contribution in [1.82, 2.24) is 10.6 Å². The highest BCUT2D eigenvalue weighted by atomic mass is 16.4. The molecule has 1 atom stereocenters. The van der Waals surface area contributed by atoms with Gasteiger partial charge in [-0.1, -0.05) is 13.8 Å². The van der Waals surface area contributed by atoms with Crippen LogP contribution in [0.5, 0.6) is 0 Å². The van der Waals surface area contributed by atoms with Gasteiger partial charge in [-0.25, -0.2) is 9.59 Å². The Morgan fingerprint density at radius 1 is 1.33 bits per heavy atom. The van der Waals surface area contributed by atoms with Crippen molar-refractivity contribution in [2.24, 2.45) is 0 Å². The third kappa shape index (κ3) is 5.24. The van der Waals surface area contributed by atoms with Crippen molar-refractivity contribution in [2.45, 2.75) is 52.1 Å². The molecule has 0 saturated carbocycles. The molecule has 0 heterocycles. The normalized spacial score (nSPS) is 13.1. The minimum absolute atomic E-state index is 0.319. The van der Waals surface area contributed by atoms with E-state index in [2.05, 4.69) is 10.6 Å². The summed E-state index contributed by atoms with van der Waals surface area (Å²) in [5.41, 5.74) is -0.319. The molecule has 15 heavy (non-hydrogen) atoms. The van der Waals surface area contributed by atoms with Crippen LogP contribution in [0.3, 0.4) is 0 Å². The van der Waals surface area contributed by atoms with E-state index in [-0.39, 0.29) is 5.54 Å². The van der Waals surface area contributed by atoms with Gasteiger partial charge in [0.1, 0.15) is 6.04 Å². The number of rotatable bonds is 5. The van der Waals surface area contributed by atoms with E-state index in [4.69, 9.17) is 5.11 Å². The van der Waals surface area contributed by atoms with Gasteiger partial charge in [0.15, 0.2) is 0 Å². The van der Waals surface area contributed by atoms with Gasteiger partial charge in [0.05, 0.1) is 0 Å². The number of hydrogen-bond acceptors (Lipinski definition) is 2. The fourth-order valence-electron chi connectivity index (χ4n) is 0.928. The summed E-state index contributed by atoms with van der Waals surface area (Å²) in [6, 6.07) is -1.26. The minimum atomic E-state index is -1.01. The van der Waals surface area contributed by atoms with Gasteiger partial charge in [-0.15, -0.1) is 0 Å². The summed E-state index contributed by atoms with van der Waals surface area (Å²) in [5, 5.41) is 13.9. The first-order valence-electron chi connectivity index (χ1n) is 5.14. The topological polar surface area (TPSA) is 78.4 Å².